The second-order valence-electron chi connectivity index (χ2n) is 9.22. The molecule has 1 N–H and O–H groups in total. The first kappa shape index (κ1) is 25.6. The van der Waals surface area contributed by atoms with Gasteiger partial charge in [0.25, 0.3) is 0 Å². The summed E-state index contributed by atoms with van der Waals surface area (Å²) < 4.78 is 11.1. The molecule has 3 aromatic carbocycles. The highest BCUT2D eigenvalue weighted by Crippen LogP contribution is 2.47. The van der Waals surface area contributed by atoms with Gasteiger partial charge in [-0.05, 0) is 35.7 Å². The van der Waals surface area contributed by atoms with Crippen LogP contribution in [-0.2, 0) is 37.1 Å². The summed E-state index contributed by atoms with van der Waals surface area (Å²) in [6.07, 6.45) is -0.382. The molecule has 0 aromatic heterocycles. The summed E-state index contributed by atoms with van der Waals surface area (Å²) in [5.41, 5.74) is 0.323. The van der Waals surface area contributed by atoms with E-state index < -0.39 is 41.1 Å². The summed E-state index contributed by atoms with van der Waals surface area (Å²) in [5.74, 6) is -5.41. The number of hydrogen-bond donors (Lipinski definition) is 1. The van der Waals surface area contributed by atoms with Gasteiger partial charge in [-0.3, -0.25) is 14.4 Å². The van der Waals surface area contributed by atoms with Crippen molar-refractivity contribution < 1.29 is 29.0 Å². The Kier molecular flexibility index (Phi) is 7.87. The van der Waals surface area contributed by atoms with Crippen molar-refractivity contribution in [3.05, 3.63) is 107 Å². The van der Waals surface area contributed by atoms with Crippen LogP contribution in [0.3, 0.4) is 0 Å². The number of halogens is 1. The van der Waals surface area contributed by atoms with Crippen LogP contribution in [0.15, 0.2) is 84.9 Å². The Morgan fingerprint density at radius 2 is 1.36 bits per heavy atom. The van der Waals surface area contributed by atoms with E-state index in [0.717, 1.165) is 11.1 Å². The largest absolute Gasteiger partial charge is 0.461 e. The van der Waals surface area contributed by atoms with Crippen LogP contribution in [0.25, 0.3) is 0 Å². The highest BCUT2D eigenvalue weighted by atomic mass is 35.5. The molecule has 0 aliphatic heterocycles. The third-order valence-corrected chi connectivity index (χ3v) is 6.73. The Labute approximate surface area is 214 Å². The van der Waals surface area contributed by atoms with Gasteiger partial charge >= 0.3 is 11.9 Å². The third kappa shape index (κ3) is 5.83. The average molecular weight is 507 g/mol. The highest BCUT2D eigenvalue weighted by molar-refractivity contribution is 6.30. The van der Waals surface area contributed by atoms with Crippen LogP contribution in [0.4, 0.5) is 0 Å². The molecule has 7 heteroatoms. The number of aliphatic hydroxyl groups is 1. The summed E-state index contributed by atoms with van der Waals surface area (Å²) in [4.78, 5) is 39.9. The Hall–Kier alpha value is -3.48. The molecule has 0 heterocycles. The molecular formula is C29H27ClO6. The topological polar surface area (TPSA) is 89.9 Å². The number of carbonyl (C=O) groups excluding carboxylic acids is 3. The first-order valence-corrected chi connectivity index (χ1v) is 12.1. The van der Waals surface area contributed by atoms with E-state index in [-0.39, 0.29) is 19.6 Å². The molecule has 0 spiro atoms. The maximum Gasteiger partial charge on any atom is 0.317 e. The molecule has 6 nitrogen and oxygen atoms in total. The molecule has 1 saturated carbocycles. The van der Waals surface area contributed by atoms with E-state index in [1.165, 1.54) is 6.92 Å². The van der Waals surface area contributed by atoms with Crippen LogP contribution in [0, 0.1) is 11.8 Å². The maximum absolute atomic E-state index is 13.4. The molecule has 4 rings (SSSR count). The normalized spacial score (nSPS) is 23.6. The zero-order valence-corrected chi connectivity index (χ0v) is 20.6. The number of esters is 2. The number of ketones is 1. The number of rotatable bonds is 7. The lowest BCUT2D eigenvalue weighted by molar-refractivity contribution is -0.174. The quantitative estimate of drug-likeness (QED) is 0.363. The van der Waals surface area contributed by atoms with Crippen molar-refractivity contribution in [1.82, 2.24) is 0 Å². The van der Waals surface area contributed by atoms with E-state index in [4.69, 9.17) is 21.1 Å². The van der Waals surface area contributed by atoms with E-state index in [0.29, 0.717) is 10.6 Å². The van der Waals surface area contributed by atoms with Crippen molar-refractivity contribution in [3.8, 4) is 0 Å². The van der Waals surface area contributed by atoms with Gasteiger partial charge in [0.05, 0.1) is 11.5 Å². The predicted octanol–water partition coefficient (Wildman–Crippen LogP) is 4.87. The number of Topliss-reactive ketones (excluding diaryl/α,β-unsaturated/α-hetero) is 1. The van der Waals surface area contributed by atoms with Crippen molar-refractivity contribution in [2.24, 2.45) is 11.8 Å². The standard InChI is InChI=1S/C29H27ClO6/c1-29(34)16-23(31)25(27(32)35-17-19-8-4-2-5-9-19)24(21-12-14-22(30)15-13-21)26(29)28(33)36-18-20-10-6-3-7-11-20/h2-15,24-26,34H,16-18H2,1H3/t24-,25-,26+,29-/m0/s1. The smallest absolute Gasteiger partial charge is 0.317 e. The van der Waals surface area contributed by atoms with E-state index in [2.05, 4.69) is 0 Å². The monoisotopic (exact) mass is 506 g/mol. The number of ether oxygens (including phenoxy) is 2. The fourth-order valence-electron chi connectivity index (χ4n) is 4.74. The Morgan fingerprint density at radius 3 is 1.89 bits per heavy atom. The van der Waals surface area contributed by atoms with Gasteiger partial charge in [0, 0.05) is 17.4 Å². The van der Waals surface area contributed by atoms with Gasteiger partial charge in [-0.25, -0.2) is 0 Å². The summed E-state index contributed by atoms with van der Waals surface area (Å²) in [6.45, 7) is 1.40. The summed E-state index contributed by atoms with van der Waals surface area (Å²) >= 11 is 6.07. The lowest BCUT2D eigenvalue weighted by atomic mass is 9.62. The van der Waals surface area contributed by atoms with Crippen LogP contribution in [0.5, 0.6) is 0 Å². The molecular weight excluding hydrogens is 480 g/mol. The fraction of sp³-hybridized carbons (Fsp3) is 0.276. The minimum atomic E-state index is -1.73. The second-order valence-corrected chi connectivity index (χ2v) is 9.66. The Bertz CT molecular complexity index is 1210. The average Bonchev–Trinajstić information content (AvgIpc) is 2.86. The van der Waals surface area contributed by atoms with Crippen molar-refractivity contribution in [1.29, 1.82) is 0 Å². The molecule has 0 unspecified atom stereocenters. The first-order chi connectivity index (χ1) is 17.3. The van der Waals surface area contributed by atoms with Crippen molar-refractivity contribution in [3.63, 3.8) is 0 Å². The van der Waals surface area contributed by atoms with Gasteiger partial charge < -0.3 is 14.6 Å². The summed E-state index contributed by atoms with van der Waals surface area (Å²) in [6, 6.07) is 24.8. The van der Waals surface area contributed by atoms with Gasteiger partial charge in [0.2, 0.25) is 0 Å². The van der Waals surface area contributed by atoms with Crippen molar-refractivity contribution in [2.75, 3.05) is 0 Å². The fourth-order valence-corrected chi connectivity index (χ4v) is 4.86. The SMILES string of the molecule is C[C@]1(O)CC(=O)[C@H](C(=O)OCc2ccccc2)[C@H](c2ccc(Cl)cc2)[C@@H]1C(=O)OCc1ccccc1. The molecule has 0 bridgehead atoms. The highest BCUT2D eigenvalue weighted by Gasteiger charge is 2.57. The molecule has 1 aliphatic carbocycles. The first-order valence-electron chi connectivity index (χ1n) is 11.7. The van der Waals surface area contributed by atoms with E-state index in [1.54, 1.807) is 36.4 Å². The molecule has 4 atom stereocenters. The molecule has 1 fully saturated rings. The molecule has 0 radical (unpaired) electrons. The van der Waals surface area contributed by atoms with Crippen LogP contribution in [0.2, 0.25) is 5.02 Å². The Balaban J connectivity index is 1.66. The van der Waals surface area contributed by atoms with Gasteiger partial charge in [-0.1, -0.05) is 84.4 Å². The number of benzene rings is 3. The lowest BCUT2D eigenvalue weighted by Crippen LogP contribution is -2.55. The second kappa shape index (κ2) is 11.1. The number of carbonyl (C=O) groups is 3. The minimum absolute atomic E-state index is 0.00332. The minimum Gasteiger partial charge on any atom is -0.461 e. The van der Waals surface area contributed by atoms with Crippen LogP contribution in [0.1, 0.15) is 36.0 Å². The van der Waals surface area contributed by atoms with Crippen molar-refractivity contribution >= 4 is 29.3 Å². The zero-order chi connectivity index (χ0) is 25.7. The van der Waals surface area contributed by atoms with Crippen LogP contribution in [-0.4, -0.2) is 28.4 Å². The maximum atomic E-state index is 13.4. The van der Waals surface area contributed by atoms with Crippen LogP contribution >= 0.6 is 11.6 Å². The lowest BCUT2D eigenvalue weighted by Gasteiger charge is -2.43. The molecule has 0 amide bonds. The van der Waals surface area contributed by atoms with E-state index >= 15 is 0 Å². The summed E-state index contributed by atoms with van der Waals surface area (Å²) in [7, 11) is 0. The third-order valence-electron chi connectivity index (χ3n) is 6.48. The van der Waals surface area contributed by atoms with Gasteiger partial charge in [0.1, 0.15) is 19.1 Å². The van der Waals surface area contributed by atoms with E-state index in [9.17, 15) is 19.5 Å². The molecule has 36 heavy (non-hydrogen) atoms. The molecule has 3 aromatic rings. The molecule has 1 aliphatic rings. The number of hydrogen-bond acceptors (Lipinski definition) is 6. The van der Waals surface area contributed by atoms with Gasteiger partial charge in [0.15, 0.2) is 5.78 Å². The zero-order valence-electron chi connectivity index (χ0n) is 19.8. The van der Waals surface area contributed by atoms with E-state index in [1.807, 2.05) is 48.5 Å². The van der Waals surface area contributed by atoms with Crippen LogP contribution < -0.4 is 0 Å². The van der Waals surface area contributed by atoms with Crippen molar-refractivity contribution in [2.45, 2.75) is 38.1 Å². The predicted molar refractivity (Wildman–Crippen MR) is 134 cm³/mol. The van der Waals surface area contributed by atoms with Gasteiger partial charge in [-0.2, -0.15) is 0 Å². The molecule has 0 saturated heterocycles. The molecule has 186 valence electrons. The Morgan fingerprint density at radius 1 is 0.861 bits per heavy atom. The summed E-state index contributed by atoms with van der Waals surface area (Å²) in [5, 5.41) is 11.7. The van der Waals surface area contributed by atoms with Gasteiger partial charge in [-0.15, -0.1) is 0 Å².